The molecule has 1 fully saturated rings. The summed E-state index contributed by atoms with van der Waals surface area (Å²) in [7, 11) is 0. The lowest BCUT2D eigenvalue weighted by Crippen LogP contribution is -2.45. The highest BCUT2D eigenvalue weighted by atomic mass is 35.5. The molecule has 2 aromatic rings. The maximum absolute atomic E-state index is 13.1. The lowest BCUT2D eigenvalue weighted by atomic mass is 9.80. The zero-order valence-electron chi connectivity index (χ0n) is 14.2. The average Bonchev–Trinajstić information content (AvgIpc) is 3.04. The molecule has 3 nitrogen and oxygen atoms in total. The number of rotatable bonds is 2. The van der Waals surface area contributed by atoms with Crippen molar-refractivity contribution >= 4 is 24.0 Å². The van der Waals surface area contributed by atoms with E-state index >= 15 is 0 Å². The van der Waals surface area contributed by atoms with Gasteiger partial charge in [-0.3, -0.25) is 9.69 Å². The molecule has 0 bridgehead atoms. The predicted molar refractivity (Wildman–Crippen MR) is 102 cm³/mol. The number of hydrogen-bond donors (Lipinski definition) is 0. The van der Waals surface area contributed by atoms with Crippen molar-refractivity contribution in [1.29, 1.82) is 0 Å². The number of para-hydroxylation sites is 1. The molecule has 130 valence electrons. The Morgan fingerprint density at radius 3 is 2.60 bits per heavy atom. The molecule has 5 rings (SSSR count). The topological polar surface area (TPSA) is 23.6 Å². The van der Waals surface area contributed by atoms with E-state index in [1.54, 1.807) is 0 Å². The van der Waals surface area contributed by atoms with Gasteiger partial charge in [0.05, 0.1) is 11.6 Å². The summed E-state index contributed by atoms with van der Waals surface area (Å²) < 4.78 is 0. The molecule has 0 spiro atoms. The van der Waals surface area contributed by atoms with Gasteiger partial charge in [-0.15, -0.1) is 12.4 Å². The van der Waals surface area contributed by atoms with Crippen LogP contribution in [0.4, 0.5) is 5.69 Å². The normalized spacial score (nSPS) is 24.5. The van der Waals surface area contributed by atoms with Crippen molar-refractivity contribution in [2.24, 2.45) is 5.92 Å². The maximum Gasteiger partial charge on any atom is 0.232 e. The number of aryl methyl sites for hydroxylation is 1. The van der Waals surface area contributed by atoms with Crippen molar-refractivity contribution in [3.8, 4) is 0 Å². The molecule has 0 radical (unpaired) electrons. The standard InChI is InChI=1S/C21H22N2O.ClH/c24-21-19-14-22(12-15-6-2-1-3-7-15)13-18(19)17-10-4-8-16-9-5-11-23(21)20(16)17;/h1-4,6-8,10,18-19H,5,9,11-14H2;1H/t18-,19-;/m1./s1. The first kappa shape index (κ1) is 16.6. The van der Waals surface area contributed by atoms with Crippen LogP contribution in [-0.4, -0.2) is 30.4 Å². The molecule has 1 saturated heterocycles. The minimum absolute atomic E-state index is 0. The monoisotopic (exact) mass is 354 g/mol. The fourth-order valence-corrected chi connectivity index (χ4v) is 4.82. The SMILES string of the molecule is Cl.O=C1[C@@H]2CN(Cc3ccccc3)C[C@@H]2c2cccc3c2N1CCC3. The minimum atomic E-state index is 0. The van der Waals surface area contributed by atoms with Gasteiger partial charge in [-0.1, -0.05) is 48.5 Å². The number of hydrogen-bond acceptors (Lipinski definition) is 2. The lowest BCUT2D eigenvalue weighted by molar-refractivity contribution is -0.123. The molecule has 0 aliphatic carbocycles. The third-order valence-corrected chi connectivity index (χ3v) is 5.88. The first-order valence-corrected chi connectivity index (χ1v) is 9.01. The van der Waals surface area contributed by atoms with Gasteiger partial charge in [0.2, 0.25) is 5.91 Å². The van der Waals surface area contributed by atoms with Crippen LogP contribution in [-0.2, 0) is 17.8 Å². The summed E-state index contributed by atoms with van der Waals surface area (Å²) in [4.78, 5) is 17.6. The molecule has 3 heterocycles. The van der Waals surface area contributed by atoms with Crippen LogP contribution in [0.2, 0.25) is 0 Å². The number of benzene rings is 2. The zero-order valence-corrected chi connectivity index (χ0v) is 15.0. The molecule has 25 heavy (non-hydrogen) atoms. The number of likely N-dealkylation sites (tertiary alicyclic amines) is 1. The Bertz CT molecular complexity index is 792. The summed E-state index contributed by atoms with van der Waals surface area (Å²) in [6.07, 6.45) is 2.20. The molecule has 0 saturated carbocycles. The first-order chi connectivity index (χ1) is 11.8. The largest absolute Gasteiger partial charge is 0.312 e. The number of amides is 1. The number of carbonyl (C=O) groups excluding carboxylic acids is 1. The van der Waals surface area contributed by atoms with E-state index in [1.165, 1.54) is 22.4 Å². The van der Waals surface area contributed by atoms with Crippen LogP contribution in [0.15, 0.2) is 48.5 Å². The molecule has 0 unspecified atom stereocenters. The van der Waals surface area contributed by atoms with E-state index in [0.29, 0.717) is 11.8 Å². The van der Waals surface area contributed by atoms with Crippen LogP contribution < -0.4 is 4.90 Å². The van der Waals surface area contributed by atoms with Gasteiger partial charge < -0.3 is 4.90 Å². The summed E-state index contributed by atoms with van der Waals surface area (Å²) in [6, 6.07) is 17.2. The van der Waals surface area contributed by atoms with E-state index in [1.807, 2.05) is 0 Å². The summed E-state index contributed by atoms with van der Waals surface area (Å²) in [6.45, 7) is 3.72. The Kier molecular flexibility index (Phi) is 4.30. The molecule has 2 atom stereocenters. The number of anilines is 1. The van der Waals surface area contributed by atoms with E-state index in [0.717, 1.165) is 39.0 Å². The van der Waals surface area contributed by atoms with Crippen molar-refractivity contribution in [1.82, 2.24) is 4.90 Å². The van der Waals surface area contributed by atoms with Crippen LogP contribution in [0.5, 0.6) is 0 Å². The van der Waals surface area contributed by atoms with Gasteiger partial charge in [0.25, 0.3) is 0 Å². The summed E-state index contributed by atoms with van der Waals surface area (Å²) in [5.41, 5.74) is 5.36. The third-order valence-electron chi connectivity index (χ3n) is 5.88. The molecular weight excluding hydrogens is 332 g/mol. The van der Waals surface area contributed by atoms with Crippen molar-refractivity contribution in [2.45, 2.75) is 25.3 Å². The first-order valence-electron chi connectivity index (χ1n) is 9.01. The van der Waals surface area contributed by atoms with Gasteiger partial charge >= 0.3 is 0 Å². The highest BCUT2D eigenvalue weighted by Gasteiger charge is 2.46. The van der Waals surface area contributed by atoms with E-state index in [2.05, 4.69) is 58.3 Å². The highest BCUT2D eigenvalue weighted by molar-refractivity contribution is 6.00. The molecule has 0 aromatic heterocycles. The van der Waals surface area contributed by atoms with Gasteiger partial charge in [0, 0.05) is 32.1 Å². The number of nitrogens with zero attached hydrogens (tertiary/aromatic N) is 2. The van der Waals surface area contributed by atoms with E-state index in [4.69, 9.17) is 0 Å². The predicted octanol–water partition coefficient (Wildman–Crippen LogP) is 3.62. The van der Waals surface area contributed by atoms with Crippen molar-refractivity contribution < 1.29 is 4.79 Å². The third kappa shape index (κ3) is 2.66. The van der Waals surface area contributed by atoms with Crippen LogP contribution in [0.1, 0.15) is 29.0 Å². The van der Waals surface area contributed by atoms with Gasteiger partial charge in [0.1, 0.15) is 0 Å². The Hall–Kier alpha value is -1.84. The number of fused-ring (bicyclic) bond motifs is 2. The second-order valence-corrected chi connectivity index (χ2v) is 7.34. The Balaban J connectivity index is 0.00000157. The summed E-state index contributed by atoms with van der Waals surface area (Å²) in [5.74, 6) is 0.857. The average molecular weight is 355 g/mol. The van der Waals surface area contributed by atoms with E-state index in [-0.39, 0.29) is 18.3 Å². The van der Waals surface area contributed by atoms with Gasteiger partial charge in [-0.25, -0.2) is 0 Å². The second kappa shape index (κ2) is 6.47. The number of carbonyl (C=O) groups is 1. The molecule has 4 heteroatoms. The molecular formula is C21H23ClN2O. The van der Waals surface area contributed by atoms with E-state index in [9.17, 15) is 4.79 Å². The molecule has 2 aromatic carbocycles. The maximum atomic E-state index is 13.1. The van der Waals surface area contributed by atoms with Gasteiger partial charge in [0.15, 0.2) is 0 Å². The molecule has 1 amide bonds. The lowest BCUT2D eigenvalue weighted by Gasteiger charge is -2.40. The van der Waals surface area contributed by atoms with Crippen LogP contribution >= 0.6 is 12.4 Å². The van der Waals surface area contributed by atoms with Crippen LogP contribution in [0.3, 0.4) is 0 Å². The van der Waals surface area contributed by atoms with E-state index < -0.39 is 0 Å². The van der Waals surface area contributed by atoms with Gasteiger partial charge in [-0.2, -0.15) is 0 Å². The Labute approximate surface area is 155 Å². The van der Waals surface area contributed by atoms with Crippen molar-refractivity contribution in [3.05, 3.63) is 65.2 Å². The number of halogens is 1. The van der Waals surface area contributed by atoms with Crippen molar-refractivity contribution in [2.75, 3.05) is 24.5 Å². The Morgan fingerprint density at radius 1 is 0.960 bits per heavy atom. The Morgan fingerprint density at radius 2 is 1.76 bits per heavy atom. The molecule has 3 aliphatic heterocycles. The van der Waals surface area contributed by atoms with Crippen molar-refractivity contribution in [3.63, 3.8) is 0 Å². The zero-order chi connectivity index (χ0) is 16.1. The quantitative estimate of drug-likeness (QED) is 0.822. The molecule has 0 N–H and O–H groups in total. The van der Waals surface area contributed by atoms with Crippen LogP contribution in [0, 0.1) is 5.92 Å². The smallest absolute Gasteiger partial charge is 0.232 e. The molecule has 3 aliphatic rings. The van der Waals surface area contributed by atoms with Gasteiger partial charge in [-0.05, 0) is 29.5 Å². The highest BCUT2D eigenvalue weighted by Crippen LogP contribution is 2.46. The fraction of sp³-hybridized carbons (Fsp3) is 0.381. The summed E-state index contributed by atoms with van der Waals surface area (Å²) >= 11 is 0. The minimum Gasteiger partial charge on any atom is -0.312 e. The second-order valence-electron chi connectivity index (χ2n) is 7.34. The fourth-order valence-electron chi connectivity index (χ4n) is 4.82. The van der Waals surface area contributed by atoms with Crippen LogP contribution in [0.25, 0.3) is 0 Å². The summed E-state index contributed by atoms with van der Waals surface area (Å²) in [5, 5.41) is 0.